The first kappa shape index (κ1) is 12.7. The quantitative estimate of drug-likeness (QED) is 0.874. The fourth-order valence-electron chi connectivity index (χ4n) is 2.53. The lowest BCUT2D eigenvalue weighted by Gasteiger charge is -2.10. The number of nitrogens with zero attached hydrogens (tertiary/aromatic N) is 1. The Morgan fingerprint density at radius 1 is 1.45 bits per heavy atom. The molecule has 0 fully saturated rings. The van der Waals surface area contributed by atoms with Crippen LogP contribution in [0.15, 0.2) is 28.9 Å². The number of carbonyl (C=O) groups is 1. The van der Waals surface area contributed by atoms with Crippen LogP contribution in [0.5, 0.6) is 0 Å². The maximum Gasteiger partial charge on any atom is 0.339 e. The van der Waals surface area contributed by atoms with E-state index in [2.05, 4.69) is 10.3 Å². The van der Waals surface area contributed by atoms with Crippen LogP contribution in [0, 0.1) is 0 Å². The van der Waals surface area contributed by atoms with Crippen LogP contribution >= 0.6 is 0 Å². The average Bonchev–Trinajstić information content (AvgIpc) is 3.07. The molecule has 0 aliphatic heterocycles. The van der Waals surface area contributed by atoms with E-state index in [9.17, 15) is 9.90 Å². The second-order valence-electron chi connectivity index (χ2n) is 4.91. The van der Waals surface area contributed by atoms with Crippen molar-refractivity contribution in [2.24, 2.45) is 0 Å². The topological polar surface area (TPSA) is 75.4 Å². The highest BCUT2D eigenvalue weighted by molar-refractivity contribution is 5.93. The van der Waals surface area contributed by atoms with Crippen molar-refractivity contribution in [3.63, 3.8) is 0 Å². The molecule has 0 saturated heterocycles. The number of aryl methyl sites for hydroxylation is 2. The molecule has 0 bridgehead atoms. The maximum atomic E-state index is 11.3. The van der Waals surface area contributed by atoms with Gasteiger partial charge in [-0.25, -0.2) is 9.78 Å². The summed E-state index contributed by atoms with van der Waals surface area (Å²) in [7, 11) is 0. The van der Waals surface area contributed by atoms with Crippen LogP contribution in [0.2, 0.25) is 0 Å². The Balaban J connectivity index is 1.75. The number of anilines is 1. The molecule has 2 aromatic rings. The summed E-state index contributed by atoms with van der Waals surface area (Å²) in [5.74, 6) is 0.396. The zero-order valence-electron chi connectivity index (χ0n) is 11.1. The van der Waals surface area contributed by atoms with Gasteiger partial charge in [-0.2, -0.15) is 0 Å². The molecule has 1 aliphatic rings. The lowest BCUT2D eigenvalue weighted by atomic mass is 10.1. The van der Waals surface area contributed by atoms with Crippen LogP contribution in [-0.2, 0) is 19.3 Å². The number of aromatic carboxylic acids is 1. The lowest BCUT2D eigenvalue weighted by molar-refractivity contribution is 0.0697. The number of hydrogen-bond acceptors (Lipinski definition) is 4. The third kappa shape index (κ3) is 2.52. The second kappa shape index (κ2) is 5.36. The molecule has 0 unspecified atom stereocenters. The summed E-state index contributed by atoms with van der Waals surface area (Å²) in [6.45, 7) is 0.597. The standard InChI is InChI=1S/C15H16N2O3/c18-15(19)12-9-10-3-1-5-13(10)17-14(12)16-7-6-11-4-2-8-20-11/h2,4,8-9H,1,3,5-7H2,(H,16,17)(H,18,19). The van der Waals surface area contributed by atoms with E-state index in [4.69, 9.17) is 4.42 Å². The van der Waals surface area contributed by atoms with Crippen LogP contribution in [0.3, 0.4) is 0 Å². The van der Waals surface area contributed by atoms with Gasteiger partial charge in [0, 0.05) is 18.7 Å². The van der Waals surface area contributed by atoms with E-state index in [1.54, 1.807) is 12.3 Å². The molecule has 3 rings (SSSR count). The van der Waals surface area contributed by atoms with Crippen LogP contribution in [0.4, 0.5) is 5.82 Å². The Kier molecular flexibility index (Phi) is 3.41. The summed E-state index contributed by atoms with van der Waals surface area (Å²) in [6.07, 6.45) is 5.24. The highest BCUT2D eigenvalue weighted by atomic mass is 16.4. The van der Waals surface area contributed by atoms with E-state index in [1.165, 1.54) is 0 Å². The molecule has 0 atom stereocenters. The first-order valence-corrected chi connectivity index (χ1v) is 6.76. The molecule has 5 nitrogen and oxygen atoms in total. The van der Waals surface area contributed by atoms with Gasteiger partial charge in [0.1, 0.15) is 17.1 Å². The van der Waals surface area contributed by atoms with Gasteiger partial charge in [0.25, 0.3) is 0 Å². The summed E-state index contributed by atoms with van der Waals surface area (Å²) >= 11 is 0. The Morgan fingerprint density at radius 2 is 2.35 bits per heavy atom. The number of fused-ring (bicyclic) bond motifs is 1. The largest absolute Gasteiger partial charge is 0.478 e. The zero-order chi connectivity index (χ0) is 13.9. The predicted molar refractivity (Wildman–Crippen MR) is 74.1 cm³/mol. The molecular formula is C15H16N2O3. The number of furan rings is 1. The molecule has 20 heavy (non-hydrogen) atoms. The molecule has 2 aromatic heterocycles. The van der Waals surface area contributed by atoms with Crippen molar-refractivity contribution in [2.45, 2.75) is 25.7 Å². The maximum absolute atomic E-state index is 11.3. The van der Waals surface area contributed by atoms with Gasteiger partial charge >= 0.3 is 5.97 Å². The smallest absolute Gasteiger partial charge is 0.339 e. The molecular weight excluding hydrogens is 256 g/mol. The summed E-state index contributed by atoms with van der Waals surface area (Å²) in [6, 6.07) is 5.49. The van der Waals surface area contributed by atoms with Gasteiger partial charge in [-0.1, -0.05) is 0 Å². The Bertz CT molecular complexity index is 620. The molecule has 0 saturated carbocycles. The first-order valence-electron chi connectivity index (χ1n) is 6.76. The van der Waals surface area contributed by atoms with Crippen molar-refractivity contribution < 1.29 is 14.3 Å². The van der Waals surface area contributed by atoms with Gasteiger partial charge in [0.15, 0.2) is 0 Å². The highest BCUT2D eigenvalue weighted by Crippen LogP contribution is 2.25. The molecule has 2 N–H and O–H groups in total. The van der Waals surface area contributed by atoms with Crippen LogP contribution < -0.4 is 5.32 Å². The Morgan fingerprint density at radius 3 is 3.10 bits per heavy atom. The van der Waals surface area contributed by atoms with Crippen molar-refractivity contribution in [3.05, 3.63) is 47.0 Å². The van der Waals surface area contributed by atoms with Gasteiger partial charge in [0.2, 0.25) is 0 Å². The minimum absolute atomic E-state index is 0.255. The highest BCUT2D eigenvalue weighted by Gasteiger charge is 2.19. The number of carboxylic acid groups (broad SMARTS) is 1. The van der Waals surface area contributed by atoms with E-state index in [-0.39, 0.29) is 5.56 Å². The third-order valence-electron chi connectivity index (χ3n) is 3.53. The number of rotatable bonds is 5. The Labute approximate surface area is 116 Å². The third-order valence-corrected chi connectivity index (χ3v) is 3.53. The van der Waals surface area contributed by atoms with E-state index in [0.717, 1.165) is 36.3 Å². The molecule has 0 amide bonds. The fourth-order valence-corrected chi connectivity index (χ4v) is 2.53. The number of aromatic nitrogens is 1. The van der Waals surface area contributed by atoms with Gasteiger partial charge in [-0.15, -0.1) is 0 Å². The van der Waals surface area contributed by atoms with Crippen molar-refractivity contribution in [3.8, 4) is 0 Å². The van der Waals surface area contributed by atoms with Crippen LogP contribution in [0.1, 0.15) is 33.8 Å². The molecule has 1 aliphatic carbocycles. The summed E-state index contributed by atoms with van der Waals surface area (Å²) < 4.78 is 5.25. The normalized spacial score (nSPS) is 13.2. The Hall–Kier alpha value is -2.30. The fraction of sp³-hybridized carbons (Fsp3) is 0.333. The zero-order valence-corrected chi connectivity index (χ0v) is 11.1. The molecule has 104 valence electrons. The predicted octanol–water partition coefficient (Wildman–Crippen LogP) is 2.52. The summed E-state index contributed by atoms with van der Waals surface area (Å²) in [5, 5.41) is 12.4. The van der Waals surface area contributed by atoms with E-state index in [0.29, 0.717) is 18.8 Å². The molecule has 5 heteroatoms. The summed E-state index contributed by atoms with van der Waals surface area (Å²) in [5.41, 5.74) is 2.35. The van der Waals surface area contributed by atoms with Gasteiger partial charge in [-0.3, -0.25) is 0 Å². The van der Waals surface area contributed by atoms with Crippen molar-refractivity contribution >= 4 is 11.8 Å². The van der Waals surface area contributed by atoms with E-state index < -0.39 is 5.97 Å². The minimum atomic E-state index is -0.937. The second-order valence-corrected chi connectivity index (χ2v) is 4.91. The van der Waals surface area contributed by atoms with E-state index >= 15 is 0 Å². The number of hydrogen-bond donors (Lipinski definition) is 2. The minimum Gasteiger partial charge on any atom is -0.478 e. The van der Waals surface area contributed by atoms with Gasteiger partial charge < -0.3 is 14.8 Å². The average molecular weight is 272 g/mol. The first-order chi connectivity index (χ1) is 9.74. The van der Waals surface area contributed by atoms with E-state index in [1.807, 2.05) is 12.1 Å². The lowest BCUT2D eigenvalue weighted by Crippen LogP contribution is -2.12. The monoisotopic (exact) mass is 272 g/mol. The van der Waals surface area contributed by atoms with Crippen molar-refractivity contribution in [1.29, 1.82) is 0 Å². The van der Waals surface area contributed by atoms with Gasteiger partial charge in [-0.05, 0) is 43.0 Å². The molecule has 2 heterocycles. The molecule has 0 radical (unpaired) electrons. The van der Waals surface area contributed by atoms with Gasteiger partial charge in [0.05, 0.1) is 6.26 Å². The SMILES string of the molecule is O=C(O)c1cc2c(nc1NCCc1ccco1)CCC2. The number of nitrogens with one attached hydrogen (secondary N) is 1. The summed E-state index contributed by atoms with van der Waals surface area (Å²) in [4.78, 5) is 15.8. The van der Waals surface area contributed by atoms with Crippen molar-refractivity contribution in [1.82, 2.24) is 4.98 Å². The van der Waals surface area contributed by atoms with Crippen molar-refractivity contribution in [2.75, 3.05) is 11.9 Å². The molecule has 0 spiro atoms. The molecule has 0 aromatic carbocycles. The number of carboxylic acids is 1. The van der Waals surface area contributed by atoms with Crippen LogP contribution in [0.25, 0.3) is 0 Å². The number of pyridine rings is 1. The van der Waals surface area contributed by atoms with Crippen LogP contribution in [-0.4, -0.2) is 22.6 Å².